The summed E-state index contributed by atoms with van der Waals surface area (Å²) in [4.78, 5) is 6.76. The van der Waals surface area contributed by atoms with Gasteiger partial charge in [0.25, 0.3) is 0 Å². The molecule has 3 nitrogen and oxygen atoms in total. The molecule has 23 heavy (non-hydrogen) atoms. The van der Waals surface area contributed by atoms with Crippen molar-refractivity contribution in [3.05, 3.63) is 30.1 Å². The molecule has 0 bridgehead atoms. The SMILES string of the molecule is C[C@@H](CC#CCN1CCCC[C@@H]1c1cccnc1)OC(C)(C)C. The standard InChI is InChI=1S/C20H30N2O/c1-17(23-20(2,3)4)10-5-7-14-22-15-8-6-12-19(22)18-11-9-13-21-16-18/h9,11,13,16-17,19H,6,8,10,12,14-15H2,1-4H3/t17-,19+/m0/s1. The largest absolute Gasteiger partial charge is 0.372 e. The van der Waals surface area contributed by atoms with Crippen LogP contribution in [0, 0.1) is 11.8 Å². The fourth-order valence-electron chi connectivity index (χ4n) is 3.15. The van der Waals surface area contributed by atoms with Gasteiger partial charge in [-0.1, -0.05) is 24.3 Å². The van der Waals surface area contributed by atoms with Crippen LogP contribution in [0.15, 0.2) is 24.5 Å². The lowest BCUT2D eigenvalue weighted by atomic mass is 9.96. The Labute approximate surface area is 141 Å². The number of hydrogen-bond acceptors (Lipinski definition) is 3. The van der Waals surface area contributed by atoms with Crippen LogP contribution in [0.5, 0.6) is 0 Å². The van der Waals surface area contributed by atoms with Gasteiger partial charge >= 0.3 is 0 Å². The van der Waals surface area contributed by atoms with Crippen LogP contribution in [0.2, 0.25) is 0 Å². The van der Waals surface area contributed by atoms with Crippen molar-refractivity contribution < 1.29 is 4.74 Å². The number of piperidine rings is 1. The van der Waals surface area contributed by atoms with E-state index in [1.54, 1.807) is 0 Å². The summed E-state index contributed by atoms with van der Waals surface area (Å²) < 4.78 is 5.90. The maximum Gasteiger partial charge on any atom is 0.0663 e. The normalized spacial score (nSPS) is 20.6. The molecule has 1 saturated heterocycles. The third-order valence-electron chi connectivity index (χ3n) is 4.03. The van der Waals surface area contributed by atoms with Crippen molar-refractivity contribution in [2.75, 3.05) is 13.1 Å². The molecule has 1 fully saturated rings. The van der Waals surface area contributed by atoms with E-state index in [2.05, 4.69) is 55.5 Å². The number of ether oxygens (including phenoxy) is 1. The second-order valence-electron chi connectivity index (χ2n) is 7.37. The number of pyridine rings is 1. The minimum atomic E-state index is -0.0978. The Morgan fingerprint density at radius 1 is 1.35 bits per heavy atom. The van der Waals surface area contributed by atoms with E-state index in [4.69, 9.17) is 4.74 Å². The number of likely N-dealkylation sites (tertiary alicyclic amines) is 1. The first-order valence-electron chi connectivity index (χ1n) is 8.73. The van der Waals surface area contributed by atoms with E-state index in [1.165, 1.54) is 24.8 Å². The summed E-state index contributed by atoms with van der Waals surface area (Å²) >= 11 is 0. The summed E-state index contributed by atoms with van der Waals surface area (Å²) in [6.45, 7) is 10.3. The first kappa shape index (κ1) is 18.0. The molecule has 0 N–H and O–H groups in total. The van der Waals surface area contributed by atoms with Crippen molar-refractivity contribution in [3.8, 4) is 11.8 Å². The van der Waals surface area contributed by atoms with Crippen molar-refractivity contribution in [2.24, 2.45) is 0 Å². The number of rotatable bonds is 4. The van der Waals surface area contributed by atoms with Crippen LogP contribution >= 0.6 is 0 Å². The summed E-state index contributed by atoms with van der Waals surface area (Å²) in [6.07, 6.45) is 8.57. The van der Waals surface area contributed by atoms with E-state index >= 15 is 0 Å². The molecule has 0 radical (unpaired) electrons. The van der Waals surface area contributed by atoms with Gasteiger partial charge in [0, 0.05) is 24.9 Å². The summed E-state index contributed by atoms with van der Waals surface area (Å²) in [7, 11) is 0. The Bertz CT molecular complexity index is 524. The van der Waals surface area contributed by atoms with Crippen LogP contribution in [0.3, 0.4) is 0 Å². The van der Waals surface area contributed by atoms with Crippen molar-refractivity contribution in [1.82, 2.24) is 9.88 Å². The van der Waals surface area contributed by atoms with Crippen molar-refractivity contribution >= 4 is 0 Å². The van der Waals surface area contributed by atoms with E-state index in [0.717, 1.165) is 19.5 Å². The molecule has 1 aliphatic rings. The lowest BCUT2D eigenvalue weighted by Gasteiger charge is -2.34. The molecule has 126 valence electrons. The molecule has 0 aromatic carbocycles. The van der Waals surface area contributed by atoms with Crippen molar-refractivity contribution in [1.29, 1.82) is 0 Å². The molecular formula is C20H30N2O. The first-order chi connectivity index (χ1) is 11.0. The van der Waals surface area contributed by atoms with Gasteiger partial charge in [-0.15, -0.1) is 0 Å². The maximum atomic E-state index is 5.90. The van der Waals surface area contributed by atoms with Gasteiger partial charge in [-0.25, -0.2) is 0 Å². The van der Waals surface area contributed by atoms with Gasteiger partial charge in [-0.2, -0.15) is 0 Å². The average molecular weight is 314 g/mol. The quantitative estimate of drug-likeness (QED) is 0.779. The van der Waals surface area contributed by atoms with Crippen LogP contribution in [-0.2, 0) is 4.74 Å². The van der Waals surface area contributed by atoms with Crippen LogP contribution in [0.4, 0.5) is 0 Å². The molecule has 1 aromatic rings. The third kappa shape index (κ3) is 6.33. The fourth-order valence-corrected chi connectivity index (χ4v) is 3.15. The van der Waals surface area contributed by atoms with Crippen LogP contribution in [0.25, 0.3) is 0 Å². The monoisotopic (exact) mass is 314 g/mol. The molecule has 2 rings (SSSR count). The Kier molecular flexibility index (Phi) is 6.62. The minimum absolute atomic E-state index is 0.0978. The first-order valence-corrected chi connectivity index (χ1v) is 8.73. The molecule has 1 aromatic heterocycles. The summed E-state index contributed by atoms with van der Waals surface area (Å²) in [6, 6.07) is 4.68. The molecule has 0 aliphatic carbocycles. The Morgan fingerprint density at radius 2 is 2.17 bits per heavy atom. The van der Waals surface area contributed by atoms with E-state index < -0.39 is 0 Å². The highest BCUT2D eigenvalue weighted by atomic mass is 16.5. The third-order valence-corrected chi connectivity index (χ3v) is 4.03. The van der Waals surface area contributed by atoms with E-state index in [9.17, 15) is 0 Å². The number of hydrogen-bond donors (Lipinski definition) is 0. The molecule has 0 spiro atoms. The molecular weight excluding hydrogens is 284 g/mol. The zero-order chi connectivity index (χ0) is 16.7. The van der Waals surface area contributed by atoms with Crippen molar-refractivity contribution in [2.45, 2.75) is 71.1 Å². The number of nitrogens with zero attached hydrogens (tertiary/aromatic N) is 2. The van der Waals surface area contributed by atoms with E-state index in [1.807, 2.05) is 18.5 Å². The Morgan fingerprint density at radius 3 is 2.87 bits per heavy atom. The van der Waals surface area contributed by atoms with E-state index in [-0.39, 0.29) is 11.7 Å². The molecule has 0 unspecified atom stereocenters. The van der Waals surface area contributed by atoms with Crippen LogP contribution in [0.1, 0.15) is 65.0 Å². The second kappa shape index (κ2) is 8.47. The second-order valence-corrected chi connectivity index (χ2v) is 7.37. The predicted octanol–water partition coefficient (Wildman–Crippen LogP) is 4.21. The lowest BCUT2D eigenvalue weighted by Crippen LogP contribution is -2.33. The van der Waals surface area contributed by atoms with Gasteiger partial charge in [0.2, 0.25) is 0 Å². The van der Waals surface area contributed by atoms with Gasteiger partial charge in [0.1, 0.15) is 0 Å². The molecule has 1 aliphatic heterocycles. The Hall–Kier alpha value is -1.37. The van der Waals surface area contributed by atoms with Gasteiger partial charge in [-0.05, 0) is 58.7 Å². The topological polar surface area (TPSA) is 25.4 Å². The van der Waals surface area contributed by atoms with Crippen LogP contribution < -0.4 is 0 Å². The highest BCUT2D eigenvalue weighted by Gasteiger charge is 2.23. The number of aromatic nitrogens is 1. The van der Waals surface area contributed by atoms with Gasteiger partial charge in [0.15, 0.2) is 0 Å². The molecule has 2 heterocycles. The summed E-state index contributed by atoms with van der Waals surface area (Å²) in [5.74, 6) is 6.64. The lowest BCUT2D eigenvalue weighted by molar-refractivity contribution is -0.0485. The van der Waals surface area contributed by atoms with Gasteiger partial charge in [-0.3, -0.25) is 9.88 Å². The summed E-state index contributed by atoms with van der Waals surface area (Å²) in [5.41, 5.74) is 1.22. The van der Waals surface area contributed by atoms with Gasteiger partial charge in [0.05, 0.1) is 18.2 Å². The van der Waals surface area contributed by atoms with E-state index in [0.29, 0.717) is 6.04 Å². The molecule has 0 amide bonds. The average Bonchev–Trinajstić information content (AvgIpc) is 2.51. The van der Waals surface area contributed by atoms with Crippen molar-refractivity contribution in [3.63, 3.8) is 0 Å². The zero-order valence-corrected chi connectivity index (χ0v) is 15.0. The fraction of sp³-hybridized carbons (Fsp3) is 0.650. The maximum absolute atomic E-state index is 5.90. The highest BCUT2D eigenvalue weighted by Crippen LogP contribution is 2.29. The molecule has 2 atom stereocenters. The minimum Gasteiger partial charge on any atom is -0.372 e. The zero-order valence-electron chi connectivity index (χ0n) is 15.0. The van der Waals surface area contributed by atoms with Crippen LogP contribution in [-0.4, -0.2) is 34.7 Å². The smallest absolute Gasteiger partial charge is 0.0663 e. The Balaban J connectivity index is 1.87. The molecule has 3 heteroatoms. The molecule has 0 saturated carbocycles. The van der Waals surface area contributed by atoms with Gasteiger partial charge < -0.3 is 4.74 Å². The predicted molar refractivity (Wildman–Crippen MR) is 95.1 cm³/mol. The summed E-state index contributed by atoms with van der Waals surface area (Å²) in [5, 5.41) is 0. The highest BCUT2D eigenvalue weighted by molar-refractivity contribution is 5.16.